The highest BCUT2D eigenvalue weighted by atomic mass is 35.5. The molecule has 0 radical (unpaired) electrons. The Bertz CT molecular complexity index is 1250. The molecule has 2 heterocycles. The zero-order valence-electron chi connectivity index (χ0n) is 18.6. The van der Waals surface area contributed by atoms with Gasteiger partial charge in [-0.3, -0.25) is 9.59 Å². The Morgan fingerprint density at radius 3 is 2.85 bits per heavy atom. The summed E-state index contributed by atoms with van der Waals surface area (Å²) in [4.78, 5) is 28.4. The number of nitrogens with zero attached hydrogens (tertiary/aromatic N) is 6. The number of benzene rings is 2. The van der Waals surface area contributed by atoms with Crippen LogP contribution in [0, 0.1) is 5.82 Å². The van der Waals surface area contributed by atoms with E-state index in [1.807, 2.05) is 18.2 Å². The van der Waals surface area contributed by atoms with E-state index < -0.39 is 5.82 Å². The first-order valence-corrected chi connectivity index (χ1v) is 10.8. The lowest BCUT2D eigenvalue weighted by Gasteiger charge is -2.31. The minimum atomic E-state index is -0.670. The molecule has 0 atom stereocenters. The minimum absolute atomic E-state index is 0.0116. The summed E-state index contributed by atoms with van der Waals surface area (Å²) >= 11 is 5.95. The van der Waals surface area contributed by atoms with Crippen molar-refractivity contribution < 1.29 is 18.7 Å². The third kappa shape index (κ3) is 4.68. The Hall–Kier alpha value is -3.63. The second kappa shape index (κ2) is 10.1. The summed E-state index contributed by atoms with van der Waals surface area (Å²) in [6.07, 6.45) is 4.60. The number of tetrazole rings is 1. The lowest BCUT2D eigenvalue weighted by Crippen LogP contribution is -2.37. The Labute approximate surface area is 200 Å². The van der Waals surface area contributed by atoms with Crippen LogP contribution >= 0.6 is 11.6 Å². The SMILES string of the molecule is COCC(=O)N(C)c1cccc2c1CCN(C(=O)/C=C/c1c(-n3cnnn3)ccc(Cl)c1F)C2. The number of halogens is 2. The van der Waals surface area contributed by atoms with Gasteiger partial charge in [0, 0.05) is 44.6 Å². The van der Waals surface area contributed by atoms with Crippen LogP contribution in [0.3, 0.4) is 0 Å². The molecular weight excluding hydrogens is 463 g/mol. The molecule has 0 unspecified atom stereocenters. The number of anilines is 1. The van der Waals surface area contributed by atoms with Crippen molar-refractivity contribution in [3.8, 4) is 5.69 Å². The van der Waals surface area contributed by atoms with Gasteiger partial charge in [0.2, 0.25) is 5.91 Å². The first-order chi connectivity index (χ1) is 16.4. The minimum Gasteiger partial charge on any atom is -0.375 e. The number of methoxy groups -OCH3 is 1. The lowest BCUT2D eigenvalue weighted by molar-refractivity contribution is -0.127. The molecule has 9 nitrogen and oxygen atoms in total. The fraction of sp³-hybridized carbons (Fsp3) is 0.261. The van der Waals surface area contributed by atoms with Crippen molar-refractivity contribution in [3.63, 3.8) is 0 Å². The van der Waals surface area contributed by atoms with Gasteiger partial charge in [0.05, 0.1) is 10.7 Å². The van der Waals surface area contributed by atoms with Crippen LogP contribution in [0.2, 0.25) is 5.02 Å². The topological polar surface area (TPSA) is 93.5 Å². The third-order valence-corrected chi connectivity index (χ3v) is 5.95. The smallest absolute Gasteiger partial charge is 0.252 e. The molecule has 0 saturated carbocycles. The summed E-state index contributed by atoms with van der Waals surface area (Å²) in [5.74, 6) is -1.10. The quantitative estimate of drug-likeness (QED) is 0.499. The van der Waals surface area contributed by atoms with Gasteiger partial charge in [0.15, 0.2) is 5.82 Å². The predicted molar refractivity (Wildman–Crippen MR) is 124 cm³/mol. The Morgan fingerprint density at radius 1 is 1.29 bits per heavy atom. The normalized spacial score (nSPS) is 13.2. The summed E-state index contributed by atoms with van der Waals surface area (Å²) in [7, 11) is 3.18. The van der Waals surface area contributed by atoms with E-state index in [1.54, 1.807) is 22.9 Å². The highest BCUT2D eigenvalue weighted by molar-refractivity contribution is 6.31. The number of carbonyl (C=O) groups is 2. The molecule has 0 fully saturated rings. The van der Waals surface area contributed by atoms with Gasteiger partial charge in [0.1, 0.15) is 12.9 Å². The maximum atomic E-state index is 14.8. The Morgan fingerprint density at radius 2 is 2.12 bits per heavy atom. The number of likely N-dealkylation sites (N-methyl/N-ethyl adjacent to an activating group) is 1. The average Bonchev–Trinajstić information content (AvgIpc) is 3.38. The third-order valence-electron chi connectivity index (χ3n) is 5.65. The van der Waals surface area contributed by atoms with Crippen molar-refractivity contribution in [2.45, 2.75) is 13.0 Å². The molecule has 4 rings (SSSR count). The molecule has 1 aliphatic heterocycles. The van der Waals surface area contributed by atoms with E-state index in [2.05, 4.69) is 15.5 Å². The van der Waals surface area contributed by atoms with Gasteiger partial charge in [-0.1, -0.05) is 23.7 Å². The van der Waals surface area contributed by atoms with Crippen molar-refractivity contribution >= 4 is 35.2 Å². The molecule has 11 heteroatoms. The zero-order valence-corrected chi connectivity index (χ0v) is 19.4. The van der Waals surface area contributed by atoms with Gasteiger partial charge < -0.3 is 14.5 Å². The standard InChI is InChI=1S/C23H22ClFN6O3/c1-29(22(33)13-34-2)19-5-3-4-15-12-30(11-10-16(15)19)21(32)9-6-17-20(31-14-26-27-28-31)8-7-18(24)23(17)25/h3-9,14H,10-13H2,1-2H3/b9-6+. The molecule has 0 bridgehead atoms. The molecule has 2 amide bonds. The number of rotatable bonds is 6. The second-order valence-corrected chi connectivity index (χ2v) is 8.10. The fourth-order valence-electron chi connectivity index (χ4n) is 3.89. The summed E-state index contributed by atoms with van der Waals surface area (Å²) in [6, 6.07) is 8.65. The lowest BCUT2D eigenvalue weighted by atomic mass is 9.97. The molecule has 1 aromatic heterocycles. The molecule has 34 heavy (non-hydrogen) atoms. The highest BCUT2D eigenvalue weighted by Gasteiger charge is 2.24. The number of amides is 2. The van der Waals surface area contributed by atoms with E-state index in [-0.39, 0.29) is 29.0 Å². The van der Waals surface area contributed by atoms with Crippen molar-refractivity contribution in [2.24, 2.45) is 0 Å². The number of carbonyl (C=O) groups excluding carboxylic acids is 2. The molecule has 176 valence electrons. The van der Waals surface area contributed by atoms with Crippen LogP contribution < -0.4 is 4.90 Å². The van der Waals surface area contributed by atoms with Crippen molar-refractivity contribution in [3.05, 3.63) is 70.3 Å². The number of hydrogen-bond acceptors (Lipinski definition) is 6. The van der Waals surface area contributed by atoms with E-state index in [9.17, 15) is 14.0 Å². The molecule has 1 aliphatic rings. The number of aromatic nitrogens is 4. The molecule has 0 saturated heterocycles. The summed E-state index contributed by atoms with van der Waals surface area (Å²) in [5, 5.41) is 10.9. The molecule has 2 aromatic carbocycles. The van der Waals surface area contributed by atoms with Crippen LogP contribution in [0.25, 0.3) is 11.8 Å². The van der Waals surface area contributed by atoms with E-state index in [0.717, 1.165) is 16.8 Å². The summed E-state index contributed by atoms with van der Waals surface area (Å²) in [5.41, 5.74) is 3.23. The first-order valence-electron chi connectivity index (χ1n) is 10.4. The van der Waals surface area contributed by atoms with E-state index in [1.165, 1.54) is 36.3 Å². The predicted octanol–water partition coefficient (Wildman–Crippen LogP) is 2.66. The Kier molecular flexibility index (Phi) is 6.99. The molecular formula is C23H22ClFN6O3. The second-order valence-electron chi connectivity index (χ2n) is 7.69. The molecule has 0 spiro atoms. The van der Waals surface area contributed by atoms with Crippen LogP contribution in [0.5, 0.6) is 0 Å². The average molecular weight is 485 g/mol. The van der Waals surface area contributed by atoms with Crippen LogP contribution in [-0.2, 0) is 27.3 Å². The number of fused-ring (bicyclic) bond motifs is 1. The van der Waals surface area contributed by atoms with Crippen molar-refractivity contribution in [1.82, 2.24) is 25.1 Å². The van der Waals surface area contributed by atoms with Gasteiger partial charge in [-0.15, -0.1) is 5.10 Å². The van der Waals surface area contributed by atoms with E-state index in [0.29, 0.717) is 25.2 Å². The van der Waals surface area contributed by atoms with Crippen LogP contribution in [0.15, 0.2) is 42.7 Å². The number of ether oxygens (including phenoxy) is 1. The summed E-state index contributed by atoms with van der Waals surface area (Å²) < 4.78 is 21.0. The van der Waals surface area contributed by atoms with Gasteiger partial charge in [-0.05, 0) is 52.2 Å². The van der Waals surface area contributed by atoms with Crippen LogP contribution in [0.4, 0.5) is 10.1 Å². The highest BCUT2D eigenvalue weighted by Crippen LogP contribution is 2.29. The number of hydrogen-bond donors (Lipinski definition) is 0. The van der Waals surface area contributed by atoms with E-state index >= 15 is 0 Å². The molecule has 0 N–H and O–H groups in total. The monoisotopic (exact) mass is 484 g/mol. The molecule has 0 aliphatic carbocycles. The maximum absolute atomic E-state index is 14.8. The Balaban J connectivity index is 1.55. The van der Waals surface area contributed by atoms with Crippen LogP contribution in [0.1, 0.15) is 16.7 Å². The van der Waals surface area contributed by atoms with Gasteiger partial charge in [-0.2, -0.15) is 4.68 Å². The molecule has 3 aromatic rings. The van der Waals surface area contributed by atoms with Gasteiger partial charge >= 0.3 is 0 Å². The van der Waals surface area contributed by atoms with E-state index in [4.69, 9.17) is 16.3 Å². The largest absolute Gasteiger partial charge is 0.375 e. The zero-order chi connectivity index (χ0) is 24.2. The first kappa shape index (κ1) is 23.5. The van der Waals surface area contributed by atoms with Crippen molar-refractivity contribution in [2.75, 3.05) is 32.2 Å². The maximum Gasteiger partial charge on any atom is 0.252 e. The van der Waals surface area contributed by atoms with Gasteiger partial charge in [-0.25, -0.2) is 4.39 Å². The van der Waals surface area contributed by atoms with Crippen LogP contribution in [-0.4, -0.2) is 64.2 Å². The fourth-order valence-corrected chi connectivity index (χ4v) is 4.06. The van der Waals surface area contributed by atoms with Crippen molar-refractivity contribution in [1.29, 1.82) is 0 Å². The summed E-state index contributed by atoms with van der Waals surface area (Å²) in [6.45, 7) is 0.816. The van der Waals surface area contributed by atoms with Gasteiger partial charge in [0.25, 0.3) is 5.91 Å².